The van der Waals surface area contributed by atoms with Crippen LogP contribution in [-0.2, 0) is 20.7 Å². The molecule has 3 aliphatic rings. The van der Waals surface area contributed by atoms with Gasteiger partial charge >= 0.3 is 6.09 Å². The lowest BCUT2D eigenvalue weighted by Gasteiger charge is -2.54. The summed E-state index contributed by atoms with van der Waals surface area (Å²) in [5.41, 5.74) is -0.976. The van der Waals surface area contributed by atoms with Crippen molar-refractivity contribution in [1.29, 1.82) is 0 Å². The highest BCUT2D eigenvalue weighted by Gasteiger charge is 2.60. The van der Waals surface area contributed by atoms with Crippen molar-refractivity contribution in [3.63, 3.8) is 0 Å². The Hall–Kier alpha value is -1.91. The summed E-state index contributed by atoms with van der Waals surface area (Å²) in [4.78, 5) is 27.0. The fraction of sp³-hybridized carbons (Fsp3) is 0.690. The first-order chi connectivity index (χ1) is 18.9. The quantitative estimate of drug-likeness (QED) is 0.354. The molecule has 0 radical (unpaired) electrons. The van der Waals surface area contributed by atoms with Crippen LogP contribution in [0.15, 0.2) is 16.7 Å². The largest absolute Gasteiger partial charge is 0.444 e. The van der Waals surface area contributed by atoms with Crippen LogP contribution in [0.2, 0.25) is 5.02 Å². The number of aromatic nitrogens is 2. The van der Waals surface area contributed by atoms with Crippen LogP contribution in [0.25, 0.3) is 10.9 Å². The third kappa shape index (κ3) is 6.14. The number of alkyl halides is 1. The standard InChI is InChI=1S/C29H39BrClFN4O4/c1-27(2,3)40-26(38)35-12-7-10-28(18-35)16-29(32,17-28)25(37)33-11-6-8-19-21(31)14-22-20(24(19)30)15-34-36(22)23-9-4-5-13-39-23/h14-15,23H,4-13,16-18H2,1-3H3,(H,33,37). The Balaban J connectivity index is 1.13. The fourth-order valence-electron chi connectivity index (χ4n) is 6.44. The summed E-state index contributed by atoms with van der Waals surface area (Å²) in [6.45, 7) is 7.60. The zero-order valence-corrected chi connectivity index (χ0v) is 25.9. The van der Waals surface area contributed by atoms with Gasteiger partial charge in [-0.15, -0.1) is 0 Å². The monoisotopic (exact) mass is 640 g/mol. The van der Waals surface area contributed by atoms with E-state index < -0.39 is 17.2 Å². The predicted octanol–water partition coefficient (Wildman–Crippen LogP) is 6.72. The minimum Gasteiger partial charge on any atom is -0.444 e. The molecule has 1 atom stereocenters. The number of likely N-dealkylation sites (tertiary alicyclic amines) is 1. The number of ether oxygens (including phenoxy) is 2. The highest BCUT2D eigenvalue weighted by molar-refractivity contribution is 9.10. The van der Waals surface area contributed by atoms with Gasteiger partial charge in [0.25, 0.3) is 5.91 Å². The third-order valence-corrected chi connectivity index (χ3v) is 9.48. The van der Waals surface area contributed by atoms with E-state index in [4.69, 9.17) is 21.1 Å². The number of piperidine rings is 1. The van der Waals surface area contributed by atoms with Crippen molar-refractivity contribution in [2.24, 2.45) is 5.41 Å². The van der Waals surface area contributed by atoms with E-state index in [-0.39, 0.29) is 30.6 Å². The van der Waals surface area contributed by atoms with Gasteiger partial charge in [-0.25, -0.2) is 13.9 Å². The molecule has 2 amide bonds. The predicted molar refractivity (Wildman–Crippen MR) is 155 cm³/mol. The van der Waals surface area contributed by atoms with Crippen molar-refractivity contribution in [1.82, 2.24) is 20.0 Å². The number of hydrogen-bond donors (Lipinski definition) is 1. The maximum atomic E-state index is 15.5. The summed E-state index contributed by atoms with van der Waals surface area (Å²) < 4.78 is 29.7. The third-order valence-electron chi connectivity index (χ3n) is 8.24. The Bertz CT molecular complexity index is 1270. The van der Waals surface area contributed by atoms with Gasteiger partial charge in [0.05, 0.1) is 11.7 Å². The van der Waals surface area contributed by atoms with Crippen molar-refractivity contribution >= 4 is 50.4 Å². The van der Waals surface area contributed by atoms with Gasteiger partial charge < -0.3 is 19.7 Å². The van der Waals surface area contributed by atoms with Crippen LogP contribution in [-0.4, -0.2) is 64.2 Å². The summed E-state index contributed by atoms with van der Waals surface area (Å²) in [6.07, 6.45) is 7.56. The second kappa shape index (κ2) is 11.4. The summed E-state index contributed by atoms with van der Waals surface area (Å²) in [5, 5.41) is 8.95. The van der Waals surface area contributed by atoms with Crippen molar-refractivity contribution in [3.05, 3.63) is 27.3 Å². The molecule has 5 rings (SSSR count). The molecule has 2 aliphatic heterocycles. The van der Waals surface area contributed by atoms with Gasteiger partial charge in [-0.05, 0) is 112 Å². The molecule has 0 bridgehead atoms. The van der Waals surface area contributed by atoms with E-state index in [1.54, 1.807) is 4.90 Å². The Morgan fingerprint density at radius 1 is 1.30 bits per heavy atom. The number of hydrogen-bond acceptors (Lipinski definition) is 5. The molecule has 3 fully saturated rings. The number of nitrogens with one attached hydrogen (secondary N) is 1. The van der Waals surface area contributed by atoms with Gasteiger partial charge in [-0.2, -0.15) is 5.10 Å². The molecule has 2 saturated heterocycles. The molecule has 1 N–H and O–H groups in total. The molecule has 40 heavy (non-hydrogen) atoms. The summed E-state index contributed by atoms with van der Waals surface area (Å²) in [5.74, 6) is -0.568. The van der Waals surface area contributed by atoms with Crippen molar-refractivity contribution in [2.45, 2.75) is 96.1 Å². The van der Waals surface area contributed by atoms with Crippen LogP contribution in [0.1, 0.15) is 83.9 Å². The van der Waals surface area contributed by atoms with Crippen LogP contribution in [0.3, 0.4) is 0 Å². The van der Waals surface area contributed by atoms with Gasteiger partial charge in [-0.3, -0.25) is 4.79 Å². The Kier molecular flexibility index (Phi) is 8.43. The maximum Gasteiger partial charge on any atom is 0.410 e. The number of benzene rings is 1. The SMILES string of the molecule is CC(C)(C)OC(=O)N1CCCC2(C1)CC(F)(C(=O)NCCCc1c(Cl)cc3c(cnn3C3CCCCO3)c1Br)C2. The minimum absolute atomic E-state index is 0.0806. The Morgan fingerprint density at radius 3 is 2.77 bits per heavy atom. The second-order valence-electron chi connectivity index (χ2n) is 12.7. The van der Waals surface area contributed by atoms with Gasteiger partial charge in [0.1, 0.15) is 5.60 Å². The first-order valence-electron chi connectivity index (χ1n) is 14.3. The first-order valence-corrected chi connectivity index (χ1v) is 15.5. The second-order valence-corrected chi connectivity index (χ2v) is 13.9. The number of carbonyl (C=O) groups is 2. The molecule has 1 saturated carbocycles. The van der Waals surface area contributed by atoms with Crippen molar-refractivity contribution in [2.75, 3.05) is 26.2 Å². The van der Waals surface area contributed by atoms with Gasteiger partial charge in [0.15, 0.2) is 11.9 Å². The average molecular weight is 642 g/mol. The molecule has 1 unspecified atom stereocenters. The molecule has 220 valence electrons. The summed E-state index contributed by atoms with van der Waals surface area (Å²) >= 11 is 10.4. The number of nitrogens with zero attached hydrogens (tertiary/aromatic N) is 3. The zero-order chi connectivity index (χ0) is 28.7. The topological polar surface area (TPSA) is 85.7 Å². The van der Waals surface area contributed by atoms with Crippen molar-refractivity contribution < 1.29 is 23.5 Å². The maximum absolute atomic E-state index is 15.5. The van der Waals surface area contributed by atoms with Crippen LogP contribution >= 0.6 is 27.5 Å². The van der Waals surface area contributed by atoms with Gasteiger partial charge in [0.2, 0.25) is 0 Å². The number of amides is 2. The van der Waals surface area contributed by atoms with E-state index in [2.05, 4.69) is 26.3 Å². The number of rotatable bonds is 6. The highest BCUT2D eigenvalue weighted by atomic mass is 79.9. The average Bonchev–Trinajstić information content (AvgIpc) is 3.30. The molecule has 3 heterocycles. The van der Waals surface area contributed by atoms with E-state index in [9.17, 15) is 9.59 Å². The van der Waals surface area contributed by atoms with E-state index in [0.717, 1.165) is 59.7 Å². The zero-order valence-electron chi connectivity index (χ0n) is 23.5. The number of carbonyl (C=O) groups excluding carboxylic acids is 2. The molecule has 8 nitrogen and oxygen atoms in total. The Labute approximate surface area is 248 Å². The molecule has 2 aromatic rings. The van der Waals surface area contributed by atoms with E-state index in [0.29, 0.717) is 37.5 Å². The van der Waals surface area contributed by atoms with E-state index >= 15 is 4.39 Å². The number of fused-ring (bicyclic) bond motifs is 1. The van der Waals surface area contributed by atoms with Crippen LogP contribution in [0.4, 0.5) is 9.18 Å². The van der Waals surface area contributed by atoms with Crippen LogP contribution < -0.4 is 5.32 Å². The summed E-state index contributed by atoms with van der Waals surface area (Å²) in [7, 11) is 0. The molecular formula is C29H39BrClFN4O4. The normalized spacial score (nSPS) is 27.1. The van der Waals surface area contributed by atoms with Gasteiger partial charge in [0, 0.05) is 41.1 Å². The lowest BCUT2D eigenvalue weighted by atomic mass is 9.56. The van der Waals surface area contributed by atoms with Crippen LogP contribution in [0, 0.1) is 5.41 Å². The van der Waals surface area contributed by atoms with Crippen molar-refractivity contribution in [3.8, 4) is 0 Å². The lowest BCUT2D eigenvalue weighted by molar-refractivity contribution is -0.157. The minimum atomic E-state index is -1.90. The summed E-state index contributed by atoms with van der Waals surface area (Å²) in [6, 6.07) is 1.93. The van der Waals surface area contributed by atoms with E-state index in [1.165, 1.54) is 0 Å². The molecule has 1 aromatic heterocycles. The molecule has 1 aliphatic carbocycles. The smallest absolute Gasteiger partial charge is 0.410 e. The molecule has 11 heteroatoms. The molecule has 1 spiro atoms. The van der Waals surface area contributed by atoms with E-state index in [1.807, 2.05) is 37.7 Å². The number of halogens is 3. The molecular weight excluding hydrogens is 603 g/mol. The first kappa shape index (κ1) is 29.6. The lowest BCUT2D eigenvalue weighted by Crippen LogP contribution is -2.63. The molecule has 1 aromatic carbocycles. The highest BCUT2D eigenvalue weighted by Crippen LogP contribution is 2.55. The van der Waals surface area contributed by atoms with Crippen LogP contribution in [0.5, 0.6) is 0 Å². The fourth-order valence-corrected chi connectivity index (χ4v) is 7.56. The van der Waals surface area contributed by atoms with Gasteiger partial charge in [-0.1, -0.05) is 11.6 Å². The Morgan fingerprint density at radius 2 is 2.08 bits per heavy atom.